The first-order chi connectivity index (χ1) is 11.2. The molecule has 122 valence electrons. The van der Waals surface area contributed by atoms with Crippen LogP contribution in [0.3, 0.4) is 0 Å². The van der Waals surface area contributed by atoms with Gasteiger partial charge in [-0.3, -0.25) is 0 Å². The van der Waals surface area contributed by atoms with Crippen molar-refractivity contribution >= 4 is 11.7 Å². The van der Waals surface area contributed by atoms with Crippen molar-refractivity contribution in [1.82, 2.24) is 25.5 Å². The summed E-state index contributed by atoms with van der Waals surface area (Å²) in [7, 11) is 1.60. The molecule has 1 saturated carbocycles. The Labute approximate surface area is 134 Å². The molecule has 2 N–H and O–H groups in total. The molecule has 1 aliphatic carbocycles. The molecule has 1 aliphatic rings. The molecule has 0 unspecified atom stereocenters. The molecule has 8 heteroatoms. The molecule has 2 amide bonds. The highest BCUT2D eigenvalue weighted by Crippen LogP contribution is 2.36. The average Bonchev–Trinajstić information content (AvgIpc) is 3.25. The van der Waals surface area contributed by atoms with E-state index in [0.717, 1.165) is 24.2 Å². The van der Waals surface area contributed by atoms with Crippen molar-refractivity contribution in [2.75, 3.05) is 19.0 Å². The standard InChI is InChI=1S/C15H20N6O2/c1-10(9-23-2)16-15(22)17-12-5-3-11(4-6-12)14-18-19-20-21(14)13-7-8-13/h3-6,10,13H,7-9H2,1-2H3,(H2,16,17,22)/t10-/m1/s1. The Hall–Kier alpha value is -2.48. The number of amides is 2. The van der Waals surface area contributed by atoms with Crippen LogP contribution in [0.5, 0.6) is 0 Å². The van der Waals surface area contributed by atoms with E-state index in [1.54, 1.807) is 7.11 Å². The molecule has 0 spiro atoms. The molecule has 0 aliphatic heterocycles. The van der Waals surface area contributed by atoms with E-state index >= 15 is 0 Å². The molecule has 8 nitrogen and oxygen atoms in total. The van der Waals surface area contributed by atoms with Crippen molar-refractivity contribution in [2.45, 2.75) is 31.8 Å². The molecule has 1 aromatic carbocycles. The number of hydrogen-bond donors (Lipinski definition) is 2. The second-order valence-electron chi connectivity index (χ2n) is 5.71. The van der Waals surface area contributed by atoms with Crippen LogP contribution in [0.15, 0.2) is 24.3 Å². The first-order valence-electron chi connectivity index (χ1n) is 7.62. The maximum atomic E-state index is 11.8. The zero-order valence-corrected chi connectivity index (χ0v) is 13.2. The van der Waals surface area contributed by atoms with E-state index in [0.29, 0.717) is 18.3 Å². The maximum Gasteiger partial charge on any atom is 0.319 e. The van der Waals surface area contributed by atoms with Gasteiger partial charge in [0.1, 0.15) is 0 Å². The van der Waals surface area contributed by atoms with Crippen molar-refractivity contribution in [2.24, 2.45) is 0 Å². The summed E-state index contributed by atoms with van der Waals surface area (Å²) in [5.74, 6) is 0.761. The van der Waals surface area contributed by atoms with Gasteiger partial charge in [-0.25, -0.2) is 9.48 Å². The highest BCUT2D eigenvalue weighted by molar-refractivity contribution is 5.89. The van der Waals surface area contributed by atoms with Gasteiger partial charge in [-0.1, -0.05) is 0 Å². The number of carbonyl (C=O) groups excluding carboxylic acids is 1. The number of hydrogen-bond acceptors (Lipinski definition) is 5. The summed E-state index contributed by atoms with van der Waals surface area (Å²) < 4.78 is 6.85. The number of nitrogens with zero attached hydrogens (tertiary/aromatic N) is 4. The number of urea groups is 1. The minimum atomic E-state index is -0.259. The Bertz CT molecular complexity index is 665. The molecule has 1 aromatic heterocycles. The summed E-state index contributed by atoms with van der Waals surface area (Å²) in [5, 5.41) is 17.5. The second kappa shape index (κ2) is 6.74. The third kappa shape index (κ3) is 3.84. The topological polar surface area (TPSA) is 94.0 Å². The zero-order valence-electron chi connectivity index (χ0n) is 13.2. The van der Waals surface area contributed by atoms with Crippen molar-refractivity contribution in [3.8, 4) is 11.4 Å². The predicted octanol–water partition coefficient (Wildman–Crippen LogP) is 1.83. The van der Waals surface area contributed by atoms with Gasteiger partial charge in [-0.2, -0.15) is 0 Å². The lowest BCUT2D eigenvalue weighted by atomic mass is 10.2. The fraction of sp³-hybridized carbons (Fsp3) is 0.467. The normalized spacial score (nSPS) is 15.2. The number of nitrogens with one attached hydrogen (secondary N) is 2. The van der Waals surface area contributed by atoms with Gasteiger partial charge in [0.15, 0.2) is 5.82 Å². The van der Waals surface area contributed by atoms with Crippen LogP contribution < -0.4 is 10.6 Å². The van der Waals surface area contributed by atoms with E-state index in [-0.39, 0.29) is 12.1 Å². The molecule has 0 bridgehead atoms. The molecular formula is C15H20N6O2. The van der Waals surface area contributed by atoms with Crippen LogP contribution >= 0.6 is 0 Å². The molecule has 1 heterocycles. The number of ether oxygens (including phenoxy) is 1. The summed E-state index contributed by atoms with van der Waals surface area (Å²) in [6.07, 6.45) is 2.25. The van der Waals surface area contributed by atoms with Crippen molar-refractivity contribution in [3.05, 3.63) is 24.3 Å². The van der Waals surface area contributed by atoms with E-state index < -0.39 is 0 Å². The first kappa shape index (κ1) is 15.4. The highest BCUT2D eigenvalue weighted by atomic mass is 16.5. The van der Waals surface area contributed by atoms with Gasteiger partial charge < -0.3 is 15.4 Å². The molecule has 2 aromatic rings. The quantitative estimate of drug-likeness (QED) is 0.848. The summed E-state index contributed by atoms with van der Waals surface area (Å²) >= 11 is 0. The third-order valence-corrected chi connectivity index (χ3v) is 3.58. The lowest BCUT2D eigenvalue weighted by molar-refractivity contribution is 0.173. The Morgan fingerprint density at radius 3 is 2.78 bits per heavy atom. The van der Waals surface area contributed by atoms with Gasteiger partial charge in [0.2, 0.25) is 0 Å². The minimum absolute atomic E-state index is 0.0533. The van der Waals surface area contributed by atoms with Crippen LogP contribution in [0, 0.1) is 0 Å². The number of tetrazole rings is 1. The summed E-state index contributed by atoms with van der Waals surface area (Å²) in [6, 6.07) is 7.58. The van der Waals surface area contributed by atoms with Gasteiger partial charge in [0.05, 0.1) is 18.7 Å². The maximum absolute atomic E-state index is 11.8. The van der Waals surface area contributed by atoms with Gasteiger partial charge in [0, 0.05) is 18.4 Å². The van der Waals surface area contributed by atoms with Gasteiger partial charge in [-0.05, 0) is 54.5 Å². The molecule has 1 atom stereocenters. The Balaban J connectivity index is 1.63. The van der Waals surface area contributed by atoms with E-state index in [2.05, 4.69) is 26.2 Å². The molecule has 23 heavy (non-hydrogen) atoms. The number of anilines is 1. The van der Waals surface area contributed by atoms with Crippen LogP contribution in [0.2, 0.25) is 0 Å². The van der Waals surface area contributed by atoms with Crippen LogP contribution in [0.1, 0.15) is 25.8 Å². The minimum Gasteiger partial charge on any atom is -0.383 e. The van der Waals surface area contributed by atoms with E-state index in [4.69, 9.17) is 4.74 Å². The van der Waals surface area contributed by atoms with Crippen LogP contribution in [0.4, 0.5) is 10.5 Å². The average molecular weight is 316 g/mol. The highest BCUT2D eigenvalue weighted by Gasteiger charge is 2.28. The fourth-order valence-electron chi connectivity index (χ4n) is 2.33. The summed E-state index contributed by atoms with van der Waals surface area (Å²) in [6.45, 7) is 2.35. The van der Waals surface area contributed by atoms with Crippen molar-refractivity contribution in [1.29, 1.82) is 0 Å². The Morgan fingerprint density at radius 2 is 2.13 bits per heavy atom. The van der Waals surface area contributed by atoms with Crippen molar-refractivity contribution in [3.63, 3.8) is 0 Å². The van der Waals surface area contributed by atoms with Gasteiger partial charge in [0.25, 0.3) is 0 Å². The predicted molar refractivity (Wildman–Crippen MR) is 85.0 cm³/mol. The van der Waals surface area contributed by atoms with E-state index in [9.17, 15) is 4.79 Å². The van der Waals surface area contributed by atoms with E-state index in [1.165, 1.54) is 0 Å². The number of benzene rings is 1. The van der Waals surface area contributed by atoms with Crippen molar-refractivity contribution < 1.29 is 9.53 Å². The monoisotopic (exact) mass is 316 g/mol. The number of carbonyl (C=O) groups is 1. The SMILES string of the molecule is COC[C@@H](C)NC(=O)Nc1ccc(-c2nnnn2C2CC2)cc1. The Morgan fingerprint density at radius 1 is 1.39 bits per heavy atom. The second-order valence-corrected chi connectivity index (χ2v) is 5.71. The largest absolute Gasteiger partial charge is 0.383 e. The Kier molecular flexibility index (Phi) is 4.52. The molecule has 0 saturated heterocycles. The zero-order chi connectivity index (χ0) is 16.2. The third-order valence-electron chi connectivity index (χ3n) is 3.58. The van der Waals surface area contributed by atoms with Crippen LogP contribution in [0.25, 0.3) is 11.4 Å². The molecule has 1 fully saturated rings. The number of rotatable bonds is 6. The van der Waals surface area contributed by atoms with Gasteiger partial charge in [-0.15, -0.1) is 5.10 Å². The van der Waals surface area contributed by atoms with Gasteiger partial charge >= 0.3 is 6.03 Å². The molecule has 3 rings (SSSR count). The summed E-state index contributed by atoms with van der Waals surface area (Å²) in [4.78, 5) is 11.8. The lowest BCUT2D eigenvalue weighted by Gasteiger charge is -2.13. The molecule has 0 radical (unpaired) electrons. The van der Waals surface area contributed by atoms with E-state index in [1.807, 2.05) is 35.9 Å². The van der Waals surface area contributed by atoms with Crippen LogP contribution in [-0.4, -0.2) is 46.0 Å². The summed E-state index contributed by atoms with van der Waals surface area (Å²) in [5.41, 5.74) is 1.64. The number of aromatic nitrogens is 4. The fourth-order valence-corrected chi connectivity index (χ4v) is 2.33. The molecular weight excluding hydrogens is 296 g/mol. The number of methoxy groups -OCH3 is 1. The first-order valence-corrected chi connectivity index (χ1v) is 7.62. The van der Waals surface area contributed by atoms with Crippen LogP contribution in [-0.2, 0) is 4.74 Å². The smallest absolute Gasteiger partial charge is 0.319 e. The lowest BCUT2D eigenvalue weighted by Crippen LogP contribution is -2.38.